The number of halogens is 1. The van der Waals surface area contributed by atoms with E-state index in [1.165, 1.54) is 11.1 Å². The number of benzene rings is 1. The summed E-state index contributed by atoms with van der Waals surface area (Å²) in [5.74, 6) is -0.760. The first kappa shape index (κ1) is 13.2. The molecule has 0 saturated heterocycles. The van der Waals surface area contributed by atoms with E-state index in [9.17, 15) is 4.79 Å². The standard InChI is InChI=1S/C13H17BrO2/c1-2-3-10-4-6-11(7-5-10)8-12(14)9-13(15)16/h4-7,12H,2-3,8-9H2,1H3,(H,15,16). The summed E-state index contributed by atoms with van der Waals surface area (Å²) in [5.41, 5.74) is 2.53. The van der Waals surface area contributed by atoms with Gasteiger partial charge in [0.2, 0.25) is 0 Å². The summed E-state index contributed by atoms with van der Waals surface area (Å²) >= 11 is 3.38. The molecule has 0 aliphatic rings. The maximum atomic E-state index is 10.5. The highest BCUT2D eigenvalue weighted by Crippen LogP contribution is 2.14. The van der Waals surface area contributed by atoms with E-state index in [-0.39, 0.29) is 11.2 Å². The van der Waals surface area contributed by atoms with Crippen LogP contribution in [0.15, 0.2) is 24.3 Å². The predicted octanol–water partition coefficient (Wildman–Crippen LogP) is 3.42. The lowest BCUT2D eigenvalue weighted by molar-refractivity contribution is -0.136. The SMILES string of the molecule is CCCc1ccc(CC(Br)CC(=O)O)cc1. The molecule has 0 radical (unpaired) electrons. The summed E-state index contributed by atoms with van der Waals surface area (Å²) in [6.07, 6.45) is 3.18. The zero-order valence-corrected chi connectivity index (χ0v) is 11.0. The second-order valence-electron chi connectivity index (χ2n) is 3.97. The molecule has 0 amide bonds. The van der Waals surface area contributed by atoms with Crippen molar-refractivity contribution in [2.75, 3.05) is 0 Å². The Morgan fingerprint density at radius 3 is 2.38 bits per heavy atom. The number of rotatable bonds is 6. The van der Waals surface area contributed by atoms with Crippen molar-refractivity contribution in [1.29, 1.82) is 0 Å². The Morgan fingerprint density at radius 1 is 1.31 bits per heavy atom. The Labute approximate surface area is 105 Å². The van der Waals surface area contributed by atoms with E-state index in [4.69, 9.17) is 5.11 Å². The molecule has 16 heavy (non-hydrogen) atoms. The molecule has 1 aromatic rings. The monoisotopic (exact) mass is 284 g/mol. The Balaban J connectivity index is 2.51. The molecule has 0 heterocycles. The van der Waals surface area contributed by atoms with Crippen LogP contribution in [0, 0.1) is 0 Å². The number of aryl methyl sites for hydroxylation is 1. The van der Waals surface area contributed by atoms with Crippen LogP contribution in [0.4, 0.5) is 0 Å². The van der Waals surface area contributed by atoms with Gasteiger partial charge in [0.25, 0.3) is 0 Å². The molecular weight excluding hydrogens is 268 g/mol. The molecule has 88 valence electrons. The molecule has 1 rings (SSSR count). The van der Waals surface area contributed by atoms with Crippen LogP contribution in [0.5, 0.6) is 0 Å². The van der Waals surface area contributed by atoms with Crippen LogP contribution in [0.2, 0.25) is 0 Å². The van der Waals surface area contributed by atoms with Gasteiger partial charge in [-0.05, 0) is 24.0 Å². The first-order valence-electron chi connectivity index (χ1n) is 5.55. The molecule has 1 aromatic carbocycles. The summed E-state index contributed by atoms with van der Waals surface area (Å²) in [7, 11) is 0. The lowest BCUT2D eigenvalue weighted by Gasteiger charge is -2.07. The van der Waals surface area contributed by atoms with E-state index in [0.29, 0.717) is 0 Å². The fourth-order valence-electron chi connectivity index (χ4n) is 1.65. The van der Waals surface area contributed by atoms with Crippen LogP contribution in [0.25, 0.3) is 0 Å². The van der Waals surface area contributed by atoms with Gasteiger partial charge in [0.1, 0.15) is 0 Å². The maximum Gasteiger partial charge on any atom is 0.304 e. The van der Waals surface area contributed by atoms with Crippen LogP contribution in [0.1, 0.15) is 30.9 Å². The van der Waals surface area contributed by atoms with Gasteiger partial charge in [0, 0.05) is 4.83 Å². The van der Waals surface area contributed by atoms with Gasteiger partial charge in [0.05, 0.1) is 6.42 Å². The molecule has 0 aromatic heterocycles. The molecule has 0 aliphatic heterocycles. The fraction of sp³-hybridized carbons (Fsp3) is 0.462. The fourth-order valence-corrected chi connectivity index (χ4v) is 2.30. The molecule has 0 bridgehead atoms. The summed E-state index contributed by atoms with van der Waals surface area (Å²) in [4.78, 5) is 10.5. The number of aliphatic carboxylic acids is 1. The number of hydrogen-bond acceptors (Lipinski definition) is 1. The van der Waals surface area contributed by atoms with E-state index in [0.717, 1.165) is 19.3 Å². The van der Waals surface area contributed by atoms with Gasteiger partial charge in [-0.3, -0.25) is 4.79 Å². The molecule has 3 heteroatoms. The number of hydrogen-bond donors (Lipinski definition) is 1. The topological polar surface area (TPSA) is 37.3 Å². The van der Waals surface area contributed by atoms with Crippen molar-refractivity contribution >= 4 is 21.9 Å². The third-order valence-electron chi connectivity index (χ3n) is 2.41. The molecule has 0 spiro atoms. The van der Waals surface area contributed by atoms with Crippen molar-refractivity contribution in [3.05, 3.63) is 35.4 Å². The molecular formula is C13H17BrO2. The summed E-state index contributed by atoms with van der Waals surface area (Å²) < 4.78 is 0. The van der Waals surface area contributed by atoms with E-state index in [2.05, 4.69) is 47.1 Å². The highest BCUT2D eigenvalue weighted by Gasteiger charge is 2.09. The summed E-state index contributed by atoms with van der Waals surface area (Å²) in [5, 5.41) is 8.65. The van der Waals surface area contributed by atoms with Gasteiger partial charge in [-0.15, -0.1) is 0 Å². The lowest BCUT2D eigenvalue weighted by atomic mass is 10.0. The quantitative estimate of drug-likeness (QED) is 0.813. The lowest BCUT2D eigenvalue weighted by Crippen LogP contribution is -2.09. The second-order valence-corrected chi connectivity index (χ2v) is 5.26. The van der Waals surface area contributed by atoms with Crippen molar-refractivity contribution in [2.24, 2.45) is 0 Å². The average molecular weight is 285 g/mol. The van der Waals surface area contributed by atoms with Gasteiger partial charge < -0.3 is 5.11 Å². The Bertz CT molecular complexity index is 332. The minimum absolute atomic E-state index is 0.0158. The summed E-state index contributed by atoms with van der Waals surface area (Å²) in [6.45, 7) is 2.16. The second kappa shape index (κ2) is 6.69. The number of carbonyl (C=O) groups is 1. The van der Waals surface area contributed by atoms with Crippen LogP contribution in [-0.2, 0) is 17.6 Å². The molecule has 1 atom stereocenters. The van der Waals surface area contributed by atoms with Crippen molar-refractivity contribution in [3.63, 3.8) is 0 Å². The molecule has 0 aliphatic carbocycles. The van der Waals surface area contributed by atoms with Crippen LogP contribution >= 0.6 is 15.9 Å². The van der Waals surface area contributed by atoms with Crippen molar-refractivity contribution in [3.8, 4) is 0 Å². The first-order chi connectivity index (χ1) is 7.61. The van der Waals surface area contributed by atoms with Crippen molar-refractivity contribution in [1.82, 2.24) is 0 Å². The van der Waals surface area contributed by atoms with Crippen LogP contribution in [-0.4, -0.2) is 15.9 Å². The van der Waals surface area contributed by atoms with Crippen molar-refractivity contribution < 1.29 is 9.90 Å². The molecule has 1 N–H and O–H groups in total. The largest absolute Gasteiger partial charge is 0.481 e. The zero-order chi connectivity index (χ0) is 12.0. The van der Waals surface area contributed by atoms with Gasteiger partial charge in [0.15, 0.2) is 0 Å². The number of alkyl halides is 1. The predicted molar refractivity (Wildman–Crippen MR) is 69.1 cm³/mol. The van der Waals surface area contributed by atoms with E-state index in [1.54, 1.807) is 0 Å². The van der Waals surface area contributed by atoms with E-state index < -0.39 is 5.97 Å². The molecule has 2 nitrogen and oxygen atoms in total. The third-order valence-corrected chi connectivity index (χ3v) is 3.06. The Morgan fingerprint density at radius 2 is 1.88 bits per heavy atom. The van der Waals surface area contributed by atoms with Gasteiger partial charge >= 0.3 is 5.97 Å². The minimum atomic E-state index is -0.760. The third kappa shape index (κ3) is 4.79. The van der Waals surface area contributed by atoms with Gasteiger partial charge in [-0.2, -0.15) is 0 Å². The zero-order valence-electron chi connectivity index (χ0n) is 9.45. The first-order valence-corrected chi connectivity index (χ1v) is 6.47. The Hall–Kier alpha value is -0.830. The minimum Gasteiger partial charge on any atom is -0.481 e. The summed E-state index contributed by atoms with van der Waals surface area (Å²) in [6, 6.07) is 8.42. The smallest absolute Gasteiger partial charge is 0.304 e. The van der Waals surface area contributed by atoms with Gasteiger partial charge in [-0.25, -0.2) is 0 Å². The molecule has 0 saturated carbocycles. The van der Waals surface area contributed by atoms with Crippen LogP contribution in [0.3, 0.4) is 0 Å². The van der Waals surface area contributed by atoms with E-state index in [1.807, 2.05) is 0 Å². The molecule has 1 unspecified atom stereocenters. The molecule has 0 fully saturated rings. The Kier molecular flexibility index (Phi) is 5.53. The van der Waals surface area contributed by atoms with Crippen LogP contribution < -0.4 is 0 Å². The normalized spacial score (nSPS) is 12.4. The number of carboxylic acids is 1. The van der Waals surface area contributed by atoms with Crippen molar-refractivity contribution in [2.45, 2.75) is 37.4 Å². The highest BCUT2D eigenvalue weighted by atomic mass is 79.9. The highest BCUT2D eigenvalue weighted by molar-refractivity contribution is 9.09. The van der Waals surface area contributed by atoms with Gasteiger partial charge in [-0.1, -0.05) is 53.5 Å². The average Bonchev–Trinajstić information content (AvgIpc) is 2.20. The van der Waals surface area contributed by atoms with E-state index >= 15 is 0 Å². The number of carboxylic acid groups (broad SMARTS) is 1. The maximum absolute atomic E-state index is 10.5.